The van der Waals surface area contributed by atoms with Crippen LogP contribution in [0.2, 0.25) is 0 Å². The Balaban J connectivity index is 1.81. The van der Waals surface area contributed by atoms with Gasteiger partial charge >= 0.3 is 0 Å². The van der Waals surface area contributed by atoms with Crippen LogP contribution in [0.1, 0.15) is 29.4 Å². The summed E-state index contributed by atoms with van der Waals surface area (Å²) in [6.07, 6.45) is 1.71. The second-order valence-electron chi connectivity index (χ2n) is 4.84. The van der Waals surface area contributed by atoms with Gasteiger partial charge in [0.1, 0.15) is 0 Å². The molecule has 0 aliphatic carbocycles. The van der Waals surface area contributed by atoms with E-state index >= 15 is 0 Å². The second-order valence-corrected chi connectivity index (χ2v) is 5.79. The molecule has 6 heteroatoms. The van der Waals surface area contributed by atoms with Crippen LogP contribution in [0.25, 0.3) is 0 Å². The lowest BCUT2D eigenvalue weighted by molar-refractivity contribution is -0.123. The van der Waals surface area contributed by atoms with Gasteiger partial charge in [-0.3, -0.25) is 14.5 Å². The third-order valence-corrected chi connectivity index (χ3v) is 4.44. The van der Waals surface area contributed by atoms with Gasteiger partial charge in [-0.15, -0.1) is 11.3 Å². The maximum Gasteiger partial charge on any atom is 0.261 e. The molecule has 2 rings (SSSR count). The molecule has 2 heterocycles. The van der Waals surface area contributed by atoms with Crippen molar-refractivity contribution in [2.45, 2.75) is 31.8 Å². The number of thiophene rings is 1. The van der Waals surface area contributed by atoms with Crippen molar-refractivity contribution in [2.24, 2.45) is 5.73 Å². The first-order valence-electron chi connectivity index (χ1n) is 6.45. The Kier molecular flexibility index (Phi) is 4.55. The highest BCUT2D eigenvalue weighted by molar-refractivity contribution is 7.12. The Morgan fingerprint density at radius 3 is 2.68 bits per heavy atom. The van der Waals surface area contributed by atoms with E-state index in [1.807, 2.05) is 24.4 Å². The first-order valence-corrected chi connectivity index (χ1v) is 7.33. The number of carbonyl (C=O) groups is 2. The Hall–Kier alpha value is -1.40. The Morgan fingerprint density at radius 1 is 1.47 bits per heavy atom. The zero-order valence-electron chi connectivity index (χ0n) is 11.0. The monoisotopic (exact) mass is 281 g/mol. The maximum atomic E-state index is 11.9. The van der Waals surface area contributed by atoms with Crippen molar-refractivity contribution in [3.63, 3.8) is 0 Å². The first kappa shape index (κ1) is 14.0. The molecule has 1 saturated heterocycles. The van der Waals surface area contributed by atoms with Crippen LogP contribution >= 0.6 is 11.3 Å². The fourth-order valence-corrected chi connectivity index (χ4v) is 2.90. The lowest BCUT2D eigenvalue weighted by atomic mass is 10.0. The minimum atomic E-state index is -0.291. The summed E-state index contributed by atoms with van der Waals surface area (Å²) in [7, 11) is 0. The van der Waals surface area contributed by atoms with Crippen LogP contribution < -0.4 is 11.1 Å². The van der Waals surface area contributed by atoms with Gasteiger partial charge in [-0.2, -0.15) is 0 Å². The molecule has 0 spiro atoms. The predicted octanol–water partition coefficient (Wildman–Crippen LogP) is 0.816. The number of nitrogens with one attached hydrogen (secondary N) is 1. The molecule has 5 nitrogen and oxygen atoms in total. The highest BCUT2D eigenvalue weighted by atomic mass is 32.1. The van der Waals surface area contributed by atoms with Crippen molar-refractivity contribution in [1.82, 2.24) is 10.2 Å². The summed E-state index contributed by atoms with van der Waals surface area (Å²) in [5.74, 6) is -0.294. The molecule has 1 aromatic heterocycles. The van der Waals surface area contributed by atoms with E-state index in [1.165, 1.54) is 11.3 Å². The molecule has 1 unspecified atom stereocenters. The Morgan fingerprint density at radius 2 is 2.16 bits per heavy atom. The number of amides is 2. The van der Waals surface area contributed by atoms with E-state index in [9.17, 15) is 9.59 Å². The average molecular weight is 281 g/mol. The third-order valence-electron chi connectivity index (χ3n) is 3.57. The molecule has 1 aromatic rings. The number of likely N-dealkylation sites (tertiary alicyclic amines) is 1. The van der Waals surface area contributed by atoms with Crippen LogP contribution in [-0.2, 0) is 4.79 Å². The molecule has 1 aliphatic rings. The summed E-state index contributed by atoms with van der Waals surface area (Å²) in [4.78, 5) is 25.8. The summed E-state index contributed by atoms with van der Waals surface area (Å²) in [5.41, 5.74) is 5.30. The number of piperidine rings is 1. The number of hydrogen-bond donors (Lipinski definition) is 2. The van der Waals surface area contributed by atoms with Crippen molar-refractivity contribution in [2.75, 3.05) is 13.1 Å². The van der Waals surface area contributed by atoms with Crippen LogP contribution in [0.15, 0.2) is 17.5 Å². The molecular formula is C13H19N3O2S. The van der Waals surface area contributed by atoms with E-state index in [4.69, 9.17) is 5.73 Å². The van der Waals surface area contributed by atoms with Gasteiger partial charge < -0.3 is 11.1 Å². The van der Waals surface area contributed by atoms with Crippen LogP contribution in [0.5, 0.6) is 0 Å². The van der Waals surface area contributed by atoms with E-state index in [2.05, 4.69) is 10.2 Å². The quantitative estimate of drug-likeness (QED) is 0.858. The summed E-state index contributed by atoms with van der Waals surface area (Å²) in [6, 6.07) is 3.65. The number of carbonyl (C=O) groups excluding carboxylic acids is 2. The topological polar surface area (TPSA) is 75.4 Å². The zero-order chi connectivity index (χ0) is 13.8. The van der Waals surface area contributed by atoms with Crippen LogP contribution in [0.4, 0.5) is 0 Å². The molecule has 1 aliphatic heterocycles. The molecule has 0 bridgehead atoms. The van der Waals surface area contributed by atoms with Gasteiger partial charge in [-0.05, 0) is 31.2 Å². The van der Waals surface area contributed by atoms with E-state index < -0.39 is 0 Å². The Bertz CT molecular complexity index is 439. The zero-order valence-corrected chi connectivity index (χ0v) is 11.8. The molecule has 1 fully saturated rings. The molecular weight excluding hydrogens is 262 g/mol. The molecule has 3 N–H and O–H groups in total. The molecule has 1 atom stereocenters. The SMILES string of the molecule is CC(C(N)=O)N1CCC(NC(=O)c2cccs2)CC1. The van der Waals surface area contributed by atoms with Gasteiger partial charge in [-0.1, -0.05) is 6.07 Å². The lowest BCUT2D eigenvalue weighted by Gasteiger charge is -2.34. The van der Waals surface area contributed by atoms with Gasteiger partial charge in [0.15, 0.2) is 0 Å². The van der Waals surface area contributed by atoms with Crippen molar-refractivity contribution in [3.8, 4) is 0 Å². The molecule has 104 valence electrons. The van der Waals surface area contributed by atoms with Crippen molar-refractivity contribution in [1.29, 1.82) is 0 Å². The molecule has 2 amide bonds. The summed E-state index contributed by atoms with van der Waals surface area (Å²) in [5, 5.41) is 4.93. The van der Waals surface area contributed by atoms with Crippen LogP contribution in [-0.4, -0.2) is 41.9 Å². The second kappa shape index (κ2) is 6.16. The third kappa shape index (κ3) is 3.54. The van der Waals surface area contributed by atoms with Crippen molar-refractivity contribution < 1.29 is 9.59 Å². The van der Waals surface area contributed by atoms with Gasteiger partial charge in [-0.25, -0.2) is 0 Å². The average Bonchev–Trinajstić information content (AvgIpc) is 2.92. The molecule has 0 saturated carbocycles. The van der Waals surface area contributed by atoms with Gasteiger partial charge in [0.2, 0.25) is 5.91 Å². The number of hydrogen-bond acceptors (Lipinski definition) is 4. The summed E-state index contributed by atoms with van der Waals surface area (Å²) < 4.78 is 0. The van der Waals surface area contributed by atoms with E-state index in [0.717, 1.165) is 30.8 Å². The first-order chi connectivity index (χ1) is 9.08. The smallest absolute Gasteiger partial charge is 0.261 e. The normalized spacial score (nSPS) is 19.0. The number of nitrogens with two attached hydrogens (primary N) is 1. The van der Waals surface area contributed by atoms with Gasteiger partial charge in [0, 0.05) is 19.1 Å². The van der Waals surface area contributed by atoms with E-state index in [0.29, 0.717) is 0 Å². The Labute approximate surface area is 116 Å². The van der Waals surface area contributed by atoms with Crippen LogP contribution in [0.3, 0.4) is 0 Å². The largest absolute Gasteiger partial charge is 0.368 e. The fourth-order valence-electron chi connectivity index (χ4n) is 2.28. The molecule has 19 heavy (non-hydrogen) atoms. The fraction of sp³-hybridized carbons (Fsp3) is 0.538. The minimum Gasteiger partial charge on any atom is -0.368 e. The van der Waals surface area contributed by atoms with E-state index in [1.54, 1.807) is 0 Å². The number of nitrogens with zero attached hydrogens (tertiary/aromatic N) is 1. The van der Waals surface area contributed by atoms with Gasteiger partial charge in [0.05, 0.1) is 10.9 Å². The lowest BCUT2D eigenvalue weighted by Crippen LogP contribution is -2.50. The highest BCUT2D eigenvalue weighted by Crippen LogP contribution is 2.15. The van der Waals surface area contributed by atoms with E-state index in [-0.39, 0.29) is 23.9 Å². The van der Waals surface area contributed by atoms with Gasteiger partial charge in [0.25, 0.3) is 5.91 Å². The summed E-state index contributed by atoms with van der Waals surface area (Å²) in [6.45, 7) is 3.41. The number of primary amides is 1. The molecule has 0 aromatic carbocycles. The van der Waals surface area contributed by atoms with Crippen molar-refractivity contribution >= 4 is 23.2 Å². The maximum absolute atomic E-state index is 11.9. The highest BCUT2D eigenvalue weighted by Gasteiger charge is 2.26. The standard InChI is InChI=1S/C13H19N3O2S/c1-9(12(14)17)16-6-4-10(5-7-16)15-13(18)11-3-2-8-19-11/h2-3,8-10H,4-7H2,1H3,(H2,14,17)(H,15,18). The molecule has 0 radical (unpaired) electrons. The summed E-state index contributed by atoms with van der Waals surface area (Å²) >= 11 is 1.45. The van der Waals surface area contributed by atoms with Crippen LogP contribution in [0, 0.1) is 0 Å². The minimum absolute atomic E-state index is 0.00333. The van der Waals surface area contributed by atoms with Crippen molar-refractivity contribution in [3.05, 3.63) is 22.4 Å². The number of rotatable bonds is 4. The predicted molar refractivity (Wildman–Crippen MR) is 75.0 cm³/mol.